The molecule has 6 nitrogen and oxygen atoms in total. The number of carbonyl (C=O) groups is 1. The maximum Gasteiger partial charge on any atom is 0.416 e. The predicted molar refractivity (Wildman–Crippen MR) is 131 cm³/mol. The fourth-order valence-electron chi connectivity index (χ4n) is 4.01. The van der Waals surface area contributed by atoms with E-state index in [-0.39, 0.29) is 13.1 Å². The summed E-state index contributed by atoms with van der Waals surface area (Å²) in [4.78, 5) is 20.4. The van der Waals surface area contributed by atoms with Crippen molar-refractivity contribution < 1.29 is 27.5 Å². The number of methoxy groups -OCH3 is 1. The maximum absolute atomic E-state index is 13.3. The summed E-state index contributed by atoms with van der Waals surface area (Å²) >= 11 is 0. The van der Waals surface area contributed by atoms with Gasteiger partial charge in [0, 0.05) is 18.5 Å². The van der Waals surface area contributed by atoms with E-state index < -0.39 is 23.9 Å². The first-order chi connectivity index (χ1) is 17.2. The van der Waals surface area contributed by atoms with Gasteiger partial charge in [0.15, 0.2) is 6.10 Å². The van der Waals surface area contributed by atoms with Gasteiger partial charge < -0.3 is 19.8 Å². The first-order valence-electron chi connectivity index (χ1n) is 11.4. The lowest BCUT2D eigenvalue weighted by Gasteiger charge is -2.26. The van der Waals surface area contributed by atoms with Crippen LogP contribution in [0.5, 0.6) is 5.75 Å². The number of rotatable bonds is 7. The van der Waals surface area contributed by atoms with Gasteiger partial charge in [-0.25, -0.2) is 4.79 Å². The van der Waals surface area contributed by atoms with Crippen molar-refractivity contribution in [3.8, 4) is 5.75 Å². The number of anilines is 1. The van der Waals surface area contributed by atoms with Gasteiger partial charge in [-0.15, -0.1) is 0 Å². The summed E-state index contributed by atoms with van der Waals surface area (Å²) in [5.74, 6) is 0.489. The Morgan fingerprint density at radius 3 is 2.47 bits per heavy atom. The molecular weight excluding hydrogens is 471 g/mol. The number of para-hydroxylation sites is 2. The van der Waals surface area contributed by atoms with Crippen LogP contribution in [0.3, 0.4) is 0 Å². The minimum atomic E-state index is -4.43. The van der Waals surface area contributed by atoms with Gasteiger partial charge in [0.1, 0.15) is 5.75 Å². The van der Waals surface area contributed by atoms with Gasteiger partial charge in [0.05, 0.1) is 30.6 Å². The summed E-state index contributed by atoms with van der Waals surface area (Å²) in [5, 5.41) is 7.06. The Kier molecular flexibility index (Phi) is 7.47. The second-order valence-corrected chi connectivity index (χ2v) is 8.49. The Morgan fingerprint density at radius 1 is 1.08 bits per heavy atom. The number of nitrogens with one attached hydrogen (secondary N) is 1. The van der Waals surface area contributed by atoms with Crippen LogP contribution in [0.15, 0.2) is 78.0 Å². The van der Waals surface area contributed by atoms with E-state index in [9.17, 15) is 18.0 Å². The Morgan fingerprint density at radius 2 is 1.78 bits per heavy atom. The third kappa shape index (κ3) is 5.97. The van der Waals surface area contributed by atoms with Crippen LogP contribution in [-0.4, -0.2) is 36.4 Å². The van der Waals surface area contributed by atoms with Gasteiger partial charge in [-0.1, -0.05) is 53.7 Å². The number of urea groups is 1. The smallest absolute Gasteiger partial charge is 0.416 e. The van der Waals surface area contributed by atoms with E-state index in [4.69, 9.17) is 9.57 Å². The molecule has 0 aliphatic carbocycles. The molecule has 188 valence electrons. The fraction of sp³-hybridized carbons (Fsp3) is 0.259. The topological polar surface area (TPSA) is 63.2 Å². The molecule has 4 rings (SSSR count). The third-order valence-corrected chi connectivity index (χ3v) is 5.90. The van der Waals surface area contributed by atoms with Crippen molar-refractivity contribution in [1.29, 1.82) is 0 Å². The molecule has 0 spiro atoms. The Labute approximate surface area is 207 Å². The van der Waals surface area contributed by atoms with Crippen molar-refractivity contribution in [2.45, 2.75) is 32.2 Å². The zero-order valence-corrected chi connectivity index (χ0v) is 19.9. The molecule has 3 aromatic carbocycles. The number of aryl methyl sites for hydroxylation is 1. The van der Waals surface area contributed by atoms with Crippen molar-refractivity contribution in [3.05, 3.63) is 95.1 Å². The molecule has 36 heavy (non-hydrogen) atoms. The van der Waals surface area contributed by atoms with Crippen LogP contribution in [0.4, 0.5) is 23.7 Å². The van der Waals surface area contributed by atoms with Crippen LogP contribution in [0.2, 0.25) is 0 Å². The lowest BCUT2D eigenvalue weighted by atomic mass is 10.0. The standard InChI is InChI=1S/C27H26F3N3O3/c1-18-7-3-4-8-22(18)24-15-21(36-32-24)17-33(16-19-11-13-20(14-12-19)27(28,29)30)26(34)31-23-9-5-6-10-25(23)35-2/h3-14,21H,15-17H2,1-2H3,(H,31,34). The highest BCUT2D eigenvalue weighted by molar-refractivity contribution is 6.02. The summed E-state index contributed by atoms with van der Waals surface area (Å²) in [6.07, 6.45) is -4.34. The highest BCUT2D eigenvalue weighted by Gasteiger charge is 2.31. The maximum atomic E-state index is 13.3. The average Bonchev–Trinajstić information content (AvgIpc) is 3.32. The van der Waals surface area contributed by atoms with Crippen molar-refractivity contribution in [3.63, 3.8) is 0 Å². The first-order valence-corrected chi connectivity index (χ1v) is 11.4. The number of benzene rings is 3. The summed E-state index contributed by atoms with van der Waals surface area (Å²) < 4.78 is 44.3. The van der Waals surface area contributed by atoms with E-state index in [1.807, 2.05) is 31.2 Å². The zero-order valence-electron chi connectivity index (χ0n) is 19.9. The number of ether oxygens (including phenoxy) is 1. The van der Waals surface area contributed by atoms with Crippen LogP contribution in [0.1, 0.15) is 28.7 Å². The average molecular weight is 498 g/mol. The Bertz CT molecular complexity index is 1240. The number of hydrogen-bond acceptors (Lipinski definition) is 4. The van der Waals surface area contributed by atoms with Crippen molar-refractivity contribution in [2.24, 2.45) is 5.16 Å². The van der Waals surface area contributed by atoms with Gasteiger partial charge >= 0.3 is 12.2 Å². The summed E-state index contributed by atoms with van der Waals surface area (Å²) in [7, 11) is 1.50. The molecule has 0 fully saturated rings. The van der Waals surface area contributed by atoms with Crippen molar-refractivity contribution in [1.82, 2.24) is 4.90 Å². The Balaban J connectivity index is 1.51. The molecule has 0 bridgehead atoms. The van der Waals surface area contributed by atoms with Crippen LogP contribution < -0.4 is 10.1 Å². The molecule has 1 aliphatic rings. The summed E-state index contributed by atoms with van der Waals surface area (Å²) in [6, 6.07) is 19.1. The van der Waals surface area contributed by atoms with E-state index >= 15 is 0 Å². The number of nitrogens with zero attached hydrogens (tertiary/aromatic N) is 2. The zero-order chi connectivity index (χ0) is 25.7. The van der Waals surface area contributed by atoms with E-state index in [0.29, 0.717) is 23.4 Å². The van der Waals surface area contributed by atoms with Crippen LogP contribution in [0.25, 0.3) is 0 Å². The quantitative estimate of drug-likeness (QED) is 0.420. The molecule has 1 heterocycles. The van der Waals surface area contributed by atoms with Crippen molar-refractivity contribution >= 4 is 17.4 Å². The van der Waals surface area contributed by atoms with Crippen LogP contribution >= 0.6 is 0 Å². The van der Waals surface area contributed by atoms with E-state index in [1.54, 1.807) is 24.3 Å². The molecule has 0 saturated carbocycles. The van der Waals surface area contributed by atoms with Gasteiger partial charge in [0.25, 0.3) is 0 Å². The fourth-order valence-corrected chi connectivity index (χ4v) is 4.01. The lowest BCUT2D eigenvalue weighted by molar-refractivity contribution is -0.137. The molecule has 1 atom stereocenters. The van der Waals surface area contributed by atoms with E-state index in [1.165, 1.54) is 24.1 Å². The minimum absolute atomic E-state index is 0.0820. The molecule has 3 aromatic rings. The SMILES string of the molecule is COc1ccccc1NC(=O)N(Cc1ccc(C(F)(F)F)cc1)CC1CC(c2ccccc2C)=NO1. The van der Waals surface area contributed by atoms with Gasteiger partial charge in [-0.05, 0) is 42.3 Å². The van der Waals surface area contributed by atoms with Crippen LogP contribution in [-0.2, 0) is 17.6 Å². The monoisotopic (exact) mass is 497 g/mol. The van der Waals surface area contributed by atoms with Gasteiger partial charge in [-0.3, -0.25) is 0 Å². The number of carbonyl (C=O) groups excluding carboxylic acids is 1. The summed E-state index contributed by atoms with van der Waals surface area (Å²) in [5.41, 5.74) is 3.12. The molecule has 0 radical (unpaired) electrons. The molecule has 9 heteroatoms. The van der Waals surface area contributed by atoms with Crippen LogP contribution in [0, 0.1) is 6.92 Å². The number of amides is 2. The number of hydrogen-bond donors (Lipinski definition) is 1. The molecule has 0 aromatic heterocycles. The lowest BCUT2D eigenvalue weighted by Crippen LogP contribution is -2.40. The minimum Gasteiger partial charge on any atom is -0.495 e. The highest BCUT2D eigenvalue weighted by Crippen LogP contribution is 2.30. The molecule has 1 N–H and O–H groups in total. The summed E-state index contributed by atoms with van der Waals surface area (Å²) in [6.45, 7) is 2.25. The highest BCUT2D eigenvalue weighted by atomic mass is 19.4. The largest absolute Gasteiger partial charge is 0.495 e. The van der Waals surface area contributed by atoms with Gasteiger partial charge in [0.2, 0.25) is 0 Å². The third-order valence-electron chi connectivity index (χ3n) is 5.90. The molecule has 0 saturated heterocycles. The van der Waals surface area contributed by atoms with E-state index in [2.05, 4.69) is 10.5 Å². The van der Waals surface area contributed by atoms with Crippen molar-refractivity contribution in [2.75, 3.05) is 19.0 Å². The number of halogens is 3. The van der Waals surface area contributed by atoms with Gasteiger partial charge in [-0.2, -0.15) is 13.2 Å². The predicted octanol–water partition coefficient (Wildman–Crippen LogP) is 6.25. The van der Waals surface area contributed by atoms with E-state index in [0.717, 1.165) is 29.0 Å². The second kappa shape index (κ2) is 10.7. The molecule has 2 amide bonds. The molecular formula is C27H26F3N3O3. The Hall–Kier alpha value is -4.01. The molecule has 1 aliphatic heterocycles. The number of alkyl halides is 3. The number of oxime groups is 1. The molecule has 1 unspecified atom stereocenters. The first kappa shape index (κ1) is 25.1. The second-order valence-electron chi connectivity index (χ2n) is 8.49. The normalized spacial score (nSPS) is 15.1.